The number of rotatable bonds is 0. The lowest BCUT2D eigenvalue weighted by Crippen LogP contribution is -2.34. The van der Waals surface area contributed by atoms with Gasteiger partial charge in [-0.25, -0.2) is 4.79 Å². The fourth-order valence-electron chi connectivity index (χ4n) is 2.62. The van der Waals surface area contributed by atoms with Gasteiger partial charge >= 0.3 is 5.97 Å². The van der Waals surface area contributed by atoms with Gasteiger partial charge in [0.25, 0.3) is 0 Å². The Morgan fingerprint density at radius 1 is 1.44 bits per heavy atom. The first-order valence-electron chi connectivity index (χ1n) is 5.58. The van der Waals surface area contributed by atoms with Crippen molar-refractivity contribution in [3.63, 3.8) is 0 Å². The molecule has 84 valence electrons. The predicted molar refractivity (Wildman–Crippen MR) is 55.8 cm³/mol. The first-order valence-corrected chi connectivity index (χ1v) is 5.58. The Morgan fingerprint density at radius 3 is 2.94 bits per heavy atom. The fraction of sp³-hybridized carbons (Fsp3) is 0.500. The van der Waals surface area contributed by atoms with Crippen LogP contribution in [0.2, 0.25) is 0 Å². The third kappa shape index (κ3) is 1.26. The van der Waals surface area contributed by atoms with Gasteiger partial charge in [0, 0.05) is 6.20 Å². The topological polar surface area (TPSA) is 59.4 Å². The minimum Gasteiger partial charge on any atom is -0.449 e. The van der Waals surface area contributed by atoms with Crippen molar-refractivity contribution in [2.75, 3.05) is 0 Å². The van der Waals surface area contributed by atoms with Crippen molar-refractivity contribution in [1.29, 1.82) is 0 Å². The number of esters is 1. The molecule has 4 heteroatoms. The molecule has 3 rings (SSSR count). The Kier molecular flexibility index (Phi) is 2.01. The monoisotopic (exact) mass is 219 g/mol. The first kappa shape index (κ1) is 9.78. The van der Waals surface area contributed by atoms with E-state index in [2.05, 4.69) is 4.98 Å². The standard InChI is InChI=1S/C12H13NO3/c14-8-3-5-12(6-4-8)10-9(11(15)16-12)2-1-7-13-10/h1-2,7-8,14H,3-6H2. The van der Waals surface area contributed by atoms with Crippen LogP contribution in [-0.4, -0.2) is 22.2 Å². The van der Waals surface area contributed by atoms with E-state index >= 15 is 0 Å². The number of nitrogens with zero attached hydrogens (tertiary/aromatic N) is 1. The summed E-state index contributed by atoms with van der Waals surface area (Å²) >= 11 is 0. The largest absolute Gasteiger partial charge is 0.449 e. The molecule has 1 saturated carbocycles. The lowest BCUT2D eigenvalue weighted by Gasteiger charge is -2.33. The molecule has 0 radical (unpaired) electrons. The molecule has 0 unspecified atom stereocenters. The number of fused-ring (bicyclic) bond motifs is 2. The van der Waals surface area contributed by atoms with Crippen LogP contribution in [0.1, 0.15) is 41.7 Å². The molecule has 1 aliphatic carbocycles. The van der Waals surface area contributed by atoms with Gasteiger partial charge < -0.3 is 9.84 Å². The zero-order chi connectivity index (χ0) is 11.2. The number of carbonyl (C=O) groups excluding carboxylic acids is 1. The molecule has 0 saturated heterocycles. The third-order valence-electron chi connectivity index (χ3n) is 3.51. The van der Waals surface area contributed by atoms with Crippen molar-refractivity contribution in [3.8, 4) is 0 Å². The molecule has 1 aromatic rings. The van der Waals surface area contributed by atoms with Crippen LogP contribution in [0.5, 0.6) is 0 Å². The summed E-state index contributed by atoms with van der Waals surface area (Å²) in [5.74, 6) is -0.278. The maximum Gasteiger partial charge on any atom is 0.341 e. The summed E-state index contributed by atoms with van der Waals surface area (Å²) in [5, 5.41) is 9.51. The van der Waals surface area contributed by atoms with E-state index in [4.69, 9.17) is 4.74 Å². The van der Waals surface area contributed by atoms with Gasteiger partial charge in [0.2, 0.25) is 0 Å². The molecule has 0 bridgehead atoms. The van der Waals surface area contributed by atoms with E-state index in [-0.39, 0.29) is 12.1 Å². The normalized spacial score (nSPS) is 32.6. The number of aliphatic hydroxyl groups is 1. The number of hydrogen-bond donors (Lipinski definition) is 1. The molecule has 0 amide bonds. The summed E-state index contributed by atoms with van der Waals surface area (Å²) in [5.41, 5.74) is 0.776. The number of ether oxygens (including phenoxy) is 1. The molecule has 4 nitrogen and oxygen atoms in total. The Hall–Kier alpha value is -1.42. The molecule has 1 spiro atoms. The highest BCUT2D eigenvalue weighted by Crippen LogP contribution is 2.45. The summed E-state index contributed by atoms with van der Waals surface area (Å²) in [6.07, 6.45) is 4.10. The van der Waals surface area contributed by atoms with Gasteiger partial charge in [-0.2, -0.15) is 0 Å². The lowest BCUT2D eigenvalue weighted by atomic mass is 9.81. The van der Waals surface area contributed by atoms with Crippen LogP contribution in [0, 0.1) is 0 Å². The van der Waals surface area contributed by atoms with Crippen molar-refractivity contribution >= 4 is 5.97 Å². The molecule has 0 aromatic carbocycles. The Labute approximate surface area is 93.3 Å². The molecule has 16 heavy (non-hydrogen) atoms. The average molecular weight is 219 g/mol. The lowest BCUT2D eigenvalue weighted by molar-refractivity contribution is -0.0513. The second kappa shape index (κ2) is 3.28. The molecule has 1 aliphatic heterocycles. The van der Waals surface area contributed by atoms with Crippen LogP contribution >= 0.6 is 0 Å². The average Bonchev–Trinajstić information content (AvgIpc) is 2.58. The van der Waals surface area contributed by atoms with Gasteiger partial charge in [0.05, 0.1) is 17.4 Å². The molecule has 1 fully saturated rings. The molecule has 1 N–H and O–H groups in total. The highest BCUT2D eigenvalue weighted by Gasteiger charge is 2.48. The maximum absolute atomic E-state index is 11.7. The first-order chi connectivity index (χ1) is 7.71. The van der Waals surface area contributed by atoms with Crippen LogP contribution in [0.25, 0.3) is 0 Å². The summed E-state index contributed by atoms with van der Waals surface area (Å²) in [7, 11) is 0. The number of aromatic nitrogens is 1. The van der Waals surface area contributed by atoms with E-state index in [0.717, 1.165) is 5.69 Å². The summed E-state index contributed by atoms with van der Waals surface area (Å²) in [6.45, 7) is 0. The van der Waals surface area contributed by atoms with Crippen LogP contribution in [0.4, 0.5) is 0 Å². The van der Waals surface area contributed by atoms with Crippen LogP contribution in [-0.2, 0) is 10.3 Å². The van der Waals surface area contributed by atoms with E-state index < -0.39 is 5.60 Å². The molecular weight excluding hydrogens is 206 g/mol. The number of carbonyl (C=O) groups is 1. The van der Waals surface area contributed by atoms with Crippen molar-refractivity contribution in [2.45, 2.75) is 37.4 Å². The second-order valence-corrected chi connectivity index (χ2v) is 4.51. The van der Waals surface area contributed by atoms with Crippen molar-refractivity contribution in [2.24, 2.45) is 0 Å². The van der Waals surface area contributed by atoms with E-state index in [0.29, 0.717) is 31.2 Å². The zero-order valence-electron chi connectivity index (χ0n) is 8.85. The highest BCUT2D eigenvalue weighted by atomic mass is 16.6. The van der Waals surface area contributed by atoms with E-state index in [1.807, 2.05) is 0 Å². The molecule has 2 aliphatic rings. The van der Waals surface area contributed by atoms with Gasteiger partial charge in [0.15, 0.2) is 5.60 Å². The number of aliphatic hydroxyl groups excluding tert-OH is 1. The Balaban J connectivity index is 2.02. The van der Waals surface area contributed by atoms with Crippen molar-refractivity contribution in [3.05, 3.63) is 29.6 Å². The van der Waals surface area contributed by atoms with E-state index in [1.165, 1.54) is 0 Å². The summed E-state index contributed by atoms with van der Waals surface area (Å²) in [4.78, 5) is 16.0. The van der Waals surface area contributed by atoms with Gasteiger partial charge in [-0.3, -0.25) is 4.98 Å². The Morgan fingerprint density at radius 2 is 2.19 bits per heavy atom. The van der Waals surface area contributed by atoms with Crippen molar-refractivity contribution < 1.29 is 14.6 Å². The molecular formula is C12H13NO3. The minimum atomic E-state index is -0.563. The second-order valence-electron chi connectivity index (χ2n) is 4.51. The van der Waals surface area contributed by atoms with Crippen LogP contribution in [0.15, 0.2) is 18.3 Å². The summed E-state index contributed by atoms with van der Waals surface area (Å²) < 4.78 is 5.50. The van der Waals surface area contributed by atoms with E-state index in [9.17, 15) is 9.90 Å². The molecule has 2 heterocycles. The fourth-order valence-corrected chi connectivity index (χ4v) is 2.62. The molecule has 0 atom stereocenters. The van der Waals surface area contributed by atoms with Crippen LogP contribution in [0.3, 0.4) is 0 Å². The molecule has 1 aromatic heterocycles. The Bertz CT molecular complexity index is 436. The number of pyridine rings is 1. The quantitative estimate of drug-likeness (QED) is 0.670. The minimum absolute atomic E-state index is 0.267. The predicted octanol–water partition coefficient (Wildman–Crippen LogP) is 1.38. The zero-order valence-corrected chi connectivity index (χ0v) is 8.85. The van der Waals surface area contributed by atoms with Crippen LogP contribution < -0.4 is 0 Å². The summed E-state index contributed by atoms with van der Waals surface area (Å²) in [6, 6.07) is 3.50. The smallest absolute Gasteiger partial charge is 0.341 e. The van der Waals surface area contributed by atoms with Crippen molar-refractivity contribution in [1.82, 2.24) is 4.98 Å². The maximum atomic E-state index is 11.7. The van der Waals surface area contributed by atoms with Gasteiger partial charge in [-0.15, -0.1) is 0 Å². The SMILES string of the molecule is O=C1OC2(CCC(O)CC2)c2ncccc21. The third-order valence-corrected chi connectivity index (χ3v) is 3.51. The van der Waals surface area contributed by atoms with Gasteiger partial charge in [-0.05, 0) is 37.8 Å². The highest BCUT2D eigenvalue weighted by molar-refractivity contribution is 5.94. The number of hydrogen-bond acceptors (Lipinski definition) is 4. The van der Waals surface area contributed by atoms with E-state index in [1.54, 1.807) is 18.3 Å². The van der Waals surface area contributed by atoms with Gasteiger partial charge in [-0.1, -0.05) is 0 Å². The van der Waals surface area contributed by atoms with Gasteiger partial charge in [0.1, 0.15) is 0 Å².